The summed E-state index contributed by atoms with van der Waals surface area (Å²) in [7, 11) is 0. The van der Waals surface area contributed by atoms with Crippen LogP contribution in [0.15, 0.2) is 59.9 Å². The van der Waals surface area contributed by atoms with Gasteiger partial charge < -0.3 is 10.4 Å². The molecule has 0 aromatic heterocycles. The molecule has 0 unspecified atom stereocenters. The number of hydrogen-bond acceptors (Lipinski definition) is 4. The SMILES string of the molecule is O=C(Nc1ccc(F)cc1)C1=C(O)CN(c2ccc(C(F)(F)F)cc2)NC1=O. The predicted octanol–water partition coefficient (Wildman–Crippen LogP) is 3.15. The number of halogens is 4. The number of hydrogen-bond donors (Lipinski definition) is 3. The van der Waals surface area contributed by atoms with Gasteiger partial charge in [-0.15, -0.1) is 0 Å². The van der Waals surface area contributed by atoms with Crippen LogP contribution >= 0.6 is 0 Å². The molecule has 2 aromatic carbocycles. The zero-order valence-electron chi connectivity index (χ0n) is 14.0. The van der Waals surface area contributed by atoms with Gasteiger partial charge in [0.05, 0.1) is 17.8 Å². The van der Waals surface area contributed by atoms with Crippen LogP contribution in [0.25, 0.3) is 0 Å². The smallest absolute Gasteiger partial charge is 0.416 e. The number of carbonyl (C=O) groups is 2. The van der Waals surface area contributed by atoms with Crippen molar-refractivity contribution in [2.75, 3.05) is 16.9 Å². The molecule has 10 heteroatoms. The van der Waals surface area contributed by atoms with Gasteiger partial charge in [-0.05, 0) is 48.5 Å². The maximum Gasteiger partial charge on any atom is 0.416 e. The topological polar surface area (TPSA) is 81.7 Å². The highest BCUT2D eigenvalue weighted by atomic mass is 19.4. The van der Waals surface area contributed by atoms with E-state index in [0.29, 0.717) is 0 Å². The quantitative estimate of drug-likeness (QED) is 0.551. The van der Waals surface area contributed by atoms with Gasteiger partial charge in [0.25, 0.3) is 11.8 Å². The van der Waals surface area contributed by atoms with Crippen LogP contribution in [0.5, 0.6) is 0 Å². The Morgan fingerprint density at radius 2 is 1.68 bits per heavy atom. The van der Waals surface area contributed by atoms with E-state index in [1.54, 1.807) is 0 Å². The number of aliphatic hydroxyl groups is 1. The van der Waals surface area contributed by atoms with Crippen LogP contribution in [-0.2, 0) is 15.8 Å². The molecule has 1 aliphatic heterocycles. The Morgan fingerprint density at radius 1 is 1.07 bits per heavy atom. The molecule has 3 rings (SSSR count). The van der Waals surface area contributed by atoms with E-state index >= 15 is 0 Å². The second-order valence-corrected chi connectivity index (χ2v) is 5.85. The lowest BCUT2D eigenvalue weighted by Crippen LogP contribution is -2.50. The van der Waals surface area contributed by atoms with E-state index in [4.69, 9.17) is 0 Å². The Bertz CT molecular complexity index is 938. The highest BCUT2D eigenvalue weighted by Gasteiger charge is 2.32. The largest absolute Gasteiger partial charge is 0.509 e. The van der Waals surface area contributed by atoms with Gasteiger partial charge in [0.15, 0.2) is 0 Å². The van der Waals surface area contributed by atoms with Gasteiger partial charge in [0, 0.05) is 5.69 Å². The Morgan fingerprint density at radius 3 is 2.21 bits per heavy atom. The first-order valence-corrected chi connectivity index (χ1v) is 7.90. The fourth-order valence-corrected chi connectivity index (χ4v) is 2.53. The molecule has 1 heterocycles. The number of nitrogens with zero attached hydrogens (tertiary/aromatic N) is 1. The molecule has 0 spiro atoms. The first kappa shape index (κ1) is 19.2. The first-order valence-electron chi connectivity index (χ1n) is 7.90. The third-order valence-corrected chi connectivity index (χ3v) is 3.90. The normalized spacial score (nSPS) is 14.7. The standard InChI is InChI=1S/C18H13F4N3O3/c19-11-3-5-12(6-4-11)23-16(27)15-14(26)9-25(24-17(15)28)13-7-1-10(2-8-13)18(20,21)22/h1-8,26H,9H2,(H,23,27)(H,24,28). The highest BCUT2D eigenvalue weighted by Crippen LogP contribution is 2.30. The number of alkyl halides is 3. The molecular formula is C18H13F4N3O3. The molecular weight excluding hydrogens is 382 g/mol. The molecule has 0 bridgehead atoms. The van der Waals surface area contributed by atoms with Gasteiger partial charge >= 0.3 is 6.18 Å². The van der Waals surface area contributed by atoms with Crippen LogP contribution < -0.4 is 15.8 Å². The minimum absolute atomic E-state index is 0.186. The van der Waals surface area contributed by atoms with Crippen LogP contribution in [0.1, 0.15) is 5.56 Å². The van der Waals surface area contributed by atoms with Gasteiger partial charge in [-0.3, -0.25) is 20.0 Å². The Kier molecular flexibility index (Phi) is 4.95. The van der Waals surface area contributed by atoms with Crippen molar-refractivity contribution in [2.45, 2.75) is 6.18 Å². The molecule has 0 aliphatic carbocycles. The maximum atomic E-state index is 12.9. The third kappa shape index (κ3) is 4.05. The molecule has 1 aliphatic rings. The monoisotopic (exact) mass is 395 g/mol. The van der Waals surface area contributed by atoms with Crippen molar-refractivity contribution in [1.82, 2.24) is 5.43 Å². The summed E-state index contributed by atoms with van der Waals surface area (Å²) in [4.78, 5) is 24.5. The molecule has 0 atom stereocenters. The number of nitrogens with one attached hydrogen (secondary N) is 2. The van der Waals surface area contributed by atoms with Crippen LogP contribution in [0, 0.1) is 5.82 Å². The average Bonchev–Trinajstić information content (AvgIpc) is 2.62. The fraction of sp³-hybridized carbons (Fsp3) is 0.111. The predicted molar refractivity (Wildman–Crippen MR) is 91.6 cm³/mol. The number of anilines is 2. The van der Waals surface area contributed by atoms with Gasteiger partial charge in [-0.2, -0.15) is 13.2 Å². The summed E-state index contributed by atoms with van der Waals surface area (Å²) < 4.78 is 50.8. The number of amides is 2. The molecule has 0 fully saturated rings. The van der Waals surface area contributed by atoms with Gasteiger partial charge in [0.2, 0.25) is 0 Å². The van der Waals surface area contributed by atoms with Crippen molar-refractivity contribution in [3.8, 4) is 0 Å². The van der Waals surface area contributed by atoms with Crippen molar-refractivity contribution < 1.29 is 32.3 Å². The van der Waals surface area contributed by atoms with Crippen molar-refractivity contribution >= 4 is 23.2 Å². The lowest BCUT2D eigenvalue weighted by atomic mass is 10.1. The summed E-state index contributed by atoms with van der Waals surface area (Å²) in [6.07, 6.45) is -4.50. The minimum atomic E-state index is -4.50. The van der Waals surface area contributed by atoms with E-state index in [-0.39, 0.29) is 17.9 Å². The van der Waals surface area contributed by atoms with Crippen molar-refractivity contribution in [3.63, 3.8) is 0 Å². The summed E-state index contributed by atoms with van der Waals surface area (Å²) in [6.45, 7) is -0.330. The van der Waals surface area contributed by atoms with Crippen LogP contribution in [-0.4, -0.2) is 23.5 Å². The number of rotatable bonds is 3. The highest BCUT2D eigenvalue weighted by molar-refractivity contribution is 6.23. The van der Waals surface area contributed by atoms with Gasteiger partial charge in [-0.1, -0.05) is 0 Å². The summed E-state index contributed by atoms with van der Waals surface area (Å²) in [5.41, 5.74) is 1.31. The number of benzene rings is 2. The summed E-state index contributed by atoms with van der Waals surface area (Å²) in [5, 5.41) is 13.6. The first-order chi connectivity index (χ1) is 13.1. The summed E-state index contributed by atoms with van der Waals surface area (Å²) in [5.74, 6) is -2.93. The number of carbonyl (C=O) groups excluding carboxylic acids is 2. The molecule has 0 saturated carbocycles. The molecule has 3 N–H and O–H groups in total. The lowest BCUT2D eigenvalue weighted by Gasteiger charge is -2.30. The zero-order valence-corrected chi connectivity index (χ0v) is 14.0. The molecule has 0 saturated heterocycles. The van der Waals surface area contributed by atoms with E-state index in [0.717, 1.165) is 41.4 Å². The van der Waals surface area contributed by atoms with E-state index in [2.05, 4.69) is 10.7 Å². The second-order valence-electron chi connectivity index (χ2n) is 5.85. The molecule has 0 radical (unpaired) electrons. The Labute approximate surface area is 156 Å². The Balaban J connectivity index is 1.76. The van der Waals surface area contributed by atoms with Crippen molar-refractivity contribution in [2.24, 2.45) is 0 Å². The Hall–Kier alpha value is -3.56. The van der Waals surface area contributed by atoms with Crippen molar-refractivity contribution in [1.29, 1.82) is 0 Å². The van der Waals surface area contributed by atoms with E-state index < -0.39 is 40.7 Å². The summed E-state index contributed by atoms with van der Waals surface area (Å²) in [6, 6.07) is 8.69. The van der Waals surface area contributed by atoms with Crippen molar-refractivity contribution in [3.05, 3.63) is 71.2 Å². The van der Waals surface area contributed by atoms with Crippen LogP contribution in [0.3, 0.4) is 0 Å². The van der Waals surface area contributed by atoms with E-state index in [1.165, 1.54) is 12.1 Å². The average molecular weight is 395 g/mol. The van der Waals surface area contributed by atoms with Crippen LogP contribution in [0.4, 0.5) is 28.9 Å². The second kappa shape index (κ2) is 7.22. The molecule has 6 nitrogen and oxygen atoms in total. The third-order valence-electron chi connectivity index (χ3n) is 3.90. The maximum absolute atomic E-state index is 12.9. The molecule has 28 heavy (non-hydrogen) atoms. The molecule has 2 aromatic rings. The number of hydrazine groups is 1. The van der Waals surface area contributed by atoms with Crippen LogP contribution in [0.2, 0.25) is 0 Å². The summed E-state index contributed by atoms with van der Waals surface area (Å²) >= 11 is 0. The van der Waals surface area contributed by atoms with Gasteiger partial charge in [-0.25, -0.2) is 4.39 Å². The number of aliphatic hydroxyl groups excluding tert-OH is 1. The molecule has 146 valence electrons. The minimum Gasteiger partial charge on any atom is -0.509 e. The lowest BCUT2D eigenvalue weighted by molar-refractivity contribution is -0.137. The van der Waals surface area contributed by atoms with Gasteiger partial charge in [0.1, 0.15) is 17.1 Å². The molecule has 2 amide bonds. The van der Waals surface area contributed by atoms with E-state index in [1.807, 2.05) is 0 Å². The fourth-order valence-electron chi connectivity index (χ4n) is 2.53. The van der Waals surface area contributed by atoms with E-state index in [9.17, 15) is 32.3 Å². The zero-order chi connectivity index (χ0) is 20.5.